The first-order chi connectivity index (χ1) is 11.6. The van der Waals surface area contributed by atoms with E-state index in [9.17, 15) is 14.3 Å². The van der Waals surface area contributed by atoms with Gasteiger partial charge in [0.15, 0.2) is 0 Å². The molecule has 1 saturated carbocycles. The van der Waals surface area contributed by atoms with Gasteiger partial charge in [0.25, 0.3) is 0 Å². The van der Waals surface area contributed by atoms with Crippen molar-refractivity contribution in [3.8, 4) is 0 Å². The number of carbonyl (C=O) groups excluding carboxylic acids is 1. The zero-order valence-corrected chi connectivity index (χ0v) is 14.1. The van der Waals surface area contributed by atoms with Crippen molar-refractivity contribution in [2.45, 2.75) is 31.4 Å². The molecule has 0 spiro atoms. The second kappa shape index (κ2) is 7.77. The van der Waals surface area contributed by atoms with Gasteiger partial charge in [0, 0.05) is 12.6 Å². The fraction of sp³-hybridized carbons (Fsp3) is 0.389. The van der Waals surface area contributed by atoms with Crippen molar-refractivity contribution in [1.82, 2.24) is 10.2 Å². The van der Waals surface area contributed by atoms with Gasteiger partial charge in [-0.25, -0.2) is 9.18 Å². The van der Waals surface area contributed by atoms with Crippen LogP contribution in [0.2, 0.25) is 0 Å². The lowest BCUT2D eigenvalue weighted by atomic mass is 10.1. The Morgan fingerprint density at radius 1 is 1.33 bits per heavy atom. The Labute approximate surface area is 144 Å². The molecule has 128 valence electrons. The Morgan fingerprint density at radius 3 is 2.71 bits per heavy atom. The second-order valence-electron chi connectivity index (χ2n) is 6.06. The lowest BCUT2D eigenvalue weighted by molar-refractivity contribution is 0.118. The molecule has 1 heterocycles. The third-order valence-electron chi connectivity index (χ3n) is 4.14. The third-order valence-corrected chi connectivity index (χ3v) is 4.87. The van der Waals surface area contributed by atoms with E-state index in [1.807, 2.05) is 11.4 Å². The first kappa shape index (κ1) is 16.9. The number of thiophene rings is 1. The van der Waals surface area contributed by atoms with Crippen LogP contribution in [0.25, 0.3) is 0 Å². The van der Waals surface area contributed by atoms with Gasteiger partial charge in [-0.2, -0.15) is 11.3 Å². The van der Waals surface area contributed by atoms with Crippen molar-refractivity contribution >= 4 is 17.4 Å². The van der Waals surface area contributed by atoms with Gasteiger partial charge in [-0.05, 0) is 59.3 Å². The summed E-state index contributed by atoms with van der Waals surface area (Å²) in [6.07, 6.45) is 1.92. The fourth-order valence-electron chi connectivity index (χ4n) is 2.61. The smallest absolute Gasteiger partial charge is 0.317 e. The largest absolute Gasteiger partial charge is 0.387 e. The minimum atomic E-state index is -0.811. The van der Waals surface area contributed by atoms with Crippen LogP contribution in [0.15, 0.2) is 41.1 Å². The zero-order valence-electron chi connectivity index (χ0n) is 13.3. The maximum atomic E-state index is 13.0. The number of benzene rings is 1. The lowest BCUT2D eigenvalue weighted by Gasteiger charge is -2.25. The first-order valence-corrected chi connectivity index (χ1v) is 9.07. The molecule has 3 rings (SSSR count). The van der Waals surface area contributed by atoms with Gasteiger partial charge in [0.05, 0.1) is 12.6 Å². The molecule has 2 amide bonds. The number of hydrogen-bond acceptors (Lipinski definition) is 3. The number of urea groups is 1. The zero-order chi connectivity index (χ0) is 16.9. The van der Waals surface area contributed by atoms with Gasteiger partial charge >= 0.3 is 6.03 Å². The van der Waals surface area contributed by atoms with Gasteiger partial charge in [-0.15, -0.1) is 0 Å². The summed E-state index contributed by atoms with van der Waals surface area (Å²) in [5.74, 6) is -0.337. The molecule has 0 aliphatic heterocycles. The SMILES string of the molecule is O=C(NCCc1ccsc1)N(CC(O)c1ccc(F)cc1)C1CC1. The molecule has 24 heavy (non-hydrogen) atoms. The Morgan fingerprint density at radius 2 is 2.08 bits per heavy atom. The highest BCUT2D eigenvalue weighted by molar-refractivity contribution is 7.07. The van der Waals surface area contributed by atoms with Crippen molar-refractivity contribution in [3.05, 3.63) is 58.0 Å². The quantitative estimate of drug-likeness (QED) is 0.806. The summed E-state index contributed by atoms with van der Waals surface area (Å²) in [5.41, 5.74) is 1.83. The van der Waals surface area contributed by atoms with E-state index in [1.165, 1.54) is 17.7 Å². The predicted molar refractivity (Wildman–Crippen MR) is 92.5 cm³/mol. The Balaban J connectivity index is 1.53. The van der Waals surface area contributed by atoms with Gasteiger partial charge in [-0.3, -0.25) is 0 Å². The van der Waals surface area contributed by atoms with E-state index in [2.05, 4.69) is 10.7 Å². The number of rotatable bonds is 7. The Kier molecular flexibility index (Phi) is 5.48. The van der Waals surface area contributed by atoms with Gasteiger partial charge in [-0.1, -0.05) is 12.1 Å². The summed E-state index contributed by atoms with van der Waals surface area (Å²) in [7, 11) is 0. The van der Waals surface area contributed by atoms with Crippen LogP contribution in [-0.4, -0.2) is 35.2 Å². The van der Waals surface area contributed by atoms with E-state index < -0.39 is 6.10 Å². The van der Waals surface area contributed by atoms with Crippen molar-refractivity contribution in [1.29, 1.82) is 0 Å². The highest BCUT2D eigenvalue weighted by atomic mass is 32.1. The molecule has 1 atom stereocenters. The molecule has 1 aliphatic carbocycles. The van der Waals surface area contributed by atoms with Crippen molar-refractivity contribution in [3.63, 3.8) is 0 Å². The molecule has 2 aromatic rings. The molecule has 6 heteroatoms. The van der Waals surface area contributed by atoms with Crippen molar-refractivity contribution < 1.29 is 14.3 Å². The summed E-state index contributed by atoms with van der Waals surface area (Å²) in [5, 5.41) is 17.4. The van der Waals surface area contributed by atoms with Crippen LogP contribution in [0.3, 0.4) is 0 Å². The summed E-state index contributed by atoms with van der Waals surface area (Å²) >= 11 is 1.64. The van der Waals surface area contributed by atoms with Gasteiger partial charge in [0.2, 0.25) is 0 Å². The normalized spacial score (nSPS) is 15.1. The lowest BCUT2D eigenvalue weighted by Crippen LogP contribution is -2.44. The molecule has 4 nitrogen and oxygen atoms in total. The molecule has 1 aromatic heterocycles. The summed E-state index contributed by atoms with van der Waals surface area (Å²) in [4.78, 5) is 14.1. The highest BCUT2D eigenvalue weighted by Crippen LogP contribution is 2.29. The van der Waals surface area contributed by atoms with Crippen LogP contribution >= 0.6 is 11.3 Å². The maximum Gasteiger partial charge on any atom is 0.317 e. The molecule has 0 bridgehead atoms. The van der Waals surface area contributed by atoms with E-state index in [4.69, 9.17) is 0 Å². The molecule has 1 aliphatic rings. The standard InChI is InChI=1S/C18H21FN2O2S/c19-15-3-1-14(2-4-15)17(22)11-21(16-5-6-16)18(23)20-9-7-13-8-10-24-12-13/h1-4,8,10,12,16-17,22H,5-7,9,11H2,(H,20,23). The molecular formula is C18H21FN2O2S. The molecule has 0 radical (unpaired) electrons. The van der Waals surface area contributed by atoms with Crippen LogP contribution < -0.4 is 5.32 Å². The van der Waals surface area contributed by atoms with E-state index in [-0.39, 0.29) is 24.4 Å². The average molecular weight is 348 g/mol. The molecule has 2 N–H and O–H groups in total. The molecule has 1 unspecified atom stereocenters. The number of aliphatic hydroxyl groups is 1. The Hall–Kier alpha value is -1.92. The number of nitrogens with one attached hydrogen (secondary N) is 1. The monoisotopic (exact) mass is 348 g/mol. The van der Waals surface area contributed by atoms with Crippen LogP contribution in [0.4, 0.5) is 9.18 Å². The topological polar surface area (TPSA) is 52.6 Å². The molecule has 0 saturated heterocycles. The van der Waals surface area contributed by atoms with Crippen molar-refractivity contribution in [2.24, 2.45) is 0 Å². The molecular weight excluding hydrogens is 327 g/mol. The number of nitrogens with zero attached hydrogens (tertiary/aromatic N) is 1. The summed E-state index contributed by atoms with van der Waals surface area (Å²) in [6.45, 7) is 0.798. The summed E-state index contributed by atoms with van der Waals surface area (Å²) < 4.78 is 13.0. The molecule has 1 fully saturated rings. The minimum absolute atomic E-state index is 0.145. The van der Waals surface area contributed by atoms with E-state index in [0.717, 1.165) is 19.3 Å². The van der Waals surface area contributed by atoms with Crippen LogP contribution in [0.1, 0.15) is 30.1 Å². The second-order valence-corrected chi connectivity index (χ2v) is 6.84. The van der Waals surface area contributed by atoms with Crippen LogP contribution in [0, 0.1) is 5.82 Å². The van der Waals surface area contributed by atoms with Crippen LogP contribution in [0.5, 0.6) is 0 Å². The van der Waals surface area contributed by atoms with Crippen molar-refractivity contribution in [2.75, 3.05) is 13.1 Å². The molecule has 1 aromatic carbocycles. The van der Waals surface area contributed by atoms with E-state index in [1.54, 1.807) is 28.4 Å². The average Bonchev–Trinajstić information content (AvgIpc) is 3.29. The highest BCUT2D eigenvalue weighted by Gasteiger charge is 2.33. The van der Waals surface area contributed by atoms with Gasteiger partial charge < -0.3 is 15.3 Å². The number of carbonyl (C=O) groups is 1. The Bertz CT molecular complexity index is 656. The van der Waals surface area contributed by atoms with E-state index in [0.29, 0.717) is 12.1 Å². The van der Waals surface area contributed by atoms with Crippen LogP contribution in [-0.2, 0) is 6.42 Å². The number of aliphatic hydroxyl groups excluding tert-OH is 1. The minimum Gasteiger partial charge on any atom is -0.387 e. The summed E-state index contributed by atoms with van der Waals surface area (Å²) in [6, 6.07) is 7.85. The van der Waals surface area contributed by atoms with Gasteiger partial charge in [0.1, 0.15) is 5.82 Å². The third kappa shape index (κ3) is 4.55. The van der Waals surface area contributed by atoms with E-state index >= 15 is 0 Å². The number of halogens is 1. The number of hydrogen-bond donors (Lipinski definition) is 2. The maximum absolute atomic E-state index is 13.0. The fourth-order valence-corrected chi connectivity index (χ4v) is 3.31. The first-order valence-electron chi connectivity index (χ1n) is 8.12. The number of amides is 2. The predicted octanol–water partition coefficient (Wildman–Crippen LogP) is 3.34.